The minimum Gasteiger partial charge on any atom is -0.275 e. The summed E-state index contributed by atoms with van der Waals surface area (Å²) in [5.41, 5.74) is 2.97. The van der Waals surface area contributed by atoms with Gasteiger partial charge in [0.05, 0.1) is 23.9 Å². The van der Waals surface area contributed by atoms with Crippen LogP contribution in [0.3, 0.4) is 0 Å². The third kappa shape index (κ3) is 2.96. The van der Waals surface area contributed by atoms with Crippen LogP contribution in [-0.4, -0.2) is 9.66 Å². The maximum Gasteiger partial charge on any atom is 0.114 e. The van der Waals surface area contributed by atoms with Crippen molar-refractivity contribution < 1.29 is 0 Å². The summed E-state index contributed by atoms with van der Waals surface area (Å²) in [5, 5.41) is 13.2. The second-order valence-corrected chi connectivity index (χ2v) is 5.75. The van der Waals surface area contributed by atoms with Crippen LogP contribution in [0.2, 0.25) is 0 Å². The Balaban J connectivity index is 1.94. The standard InChI is InChI=1S/C16H14N4S/c1-13-8-16(21-11-13)10-20(19-7-6-18-12-19)15-4-2-14(9-17)3-5-15/h2-8,11-12H,10H2,1H3. The molecule has 0 radical (unpaired) electrons. The molecule has 0 atom stereocenters. The van der Waals surface area contributed by atoms with Gasteiger partial charge in [0.1, 0.15) is 6.33 Å². The minimum atomic E-state index is 0.663. The predicted molar refractivity (Wildman–Crippen MR) is 84.0 cm³/mol. The molecule has 0 unspecified atom stereocenters. The summed E-state index contributed by atoms with van der Waals surface area (Å²) in [6.07, 6.45) is 5.45. The number of aromatic nitrogens is 2. The zero-order valence-corrected chi connectivity index (χ0v) is 12.4. The first-order valence-electron chi connectivity index (χ1n) is 6.56. The Labute approximate surface area is 127 Å². The van der Waals surface area contributed by atoms with Gasteiger partial charge in [-0.2, -0.15) is 5.26 Å². The Bertz CT molecular complexity index is 750. The molecule has 3 rings (SSSR count). The number of nitrogens with zero attached hydrogens (tertiary/aromatic N) is 4. The molecule has 0 N–H and O–H groups in total. The van der Waals surface area contributed by atoms with Gasteiger partial charge in [0.2, 0.25) is 0 Å². The molecule has 0 aliphatic carbocycles. The van der Waals surface area contributed by atoms with E-state index in [-0.39, 0.29) is 0 Å². The lowest BCUT2D eigenvalue weighted by Gasteiger charge is -2.25. The second kappa shape index (κ2) is 5.81. The van der Waals surface area contributed by atoms with Gasteiger partial charge < -0.3 is 0 Å². The van der Waals surface area contributed by atoms with Gasteiger partial charge in [-0.15, -0.1) is 11.3 Å². The molecule has 21 heavy (non-hydrogen) atoms. The zero-order chi connectivity index (χ0) is 14.7. The van der Waals surface area contributed by atoms with E-state index in [1.165, 1.54) is 10.4 Å². The quantitative estimate of drug-likeness (QED) is 0.738. The summed E-state index contributed by atoms with van der Waals surface area (Å²) in [6, 6.07) is 11.9. The lowest BCUT2D eigenvalue weighted by Crippen LogP contribution is -2.27. The van der Waals surface area contributed by atoms with Gasteiger partial charge in [-0.3, -0.25) is 5.01 Å². The molecule has 0 aliphatic rings. The molecule has 0 fully saturated rings. The molecule has 104 valence electrons. The van der Waals surface area contributed by atoms with Gasteiger partial charge in [0.25, 0.3) is 0 Å². The van der Waals surface area contributed by atoms with E-state index < -0.39 is 0 Å². The summed E-state index contributed by atoms with van der Waals surface area (Å²) < 4.78 is 1.95. The van der Waals surface area contributed by atoms with Crippen molar-refractivity contribution in [3.63, 3.8) is 0 Å². The fourth-order valence-corrected chi connectivity index (χ4v) is 2.99. The highest BCUT2D eigenvalue weighted by Crippen LogP contribution is 2.22. The fourth-order valence-electron chi connectivity index (χ4n) is 2.13. The third-order valence-electron chi connectivity index (χ3n) is 3.15. The van der Waals surface area contributed by atoms with Gasteiger partial charge >= 0.3 is 0 Å². The molecule has 2 heterocycles. The number of rotatable bonds is 4. The monoisotopic (exact) mass is 294 g/mol. The van der Waals surface area contributed by atoms with Gasteiger partial charge in [-0.25, -0.2) is 9.66 Å². The molecular weight excluding hydrogens is 280 g/mol. The topological polar surface area (TPSA) is 44.9 Å². The Morgan fingerprint density at radius 3 is 2.71 bits per heavy atom. The molecule has 0 amide bonds. The van der Waals surface area contributed by atoms with Crippen LogP contribution in [0.25, 0.3) is 0 Å². The van der Waals surface area contributed by atoms with Gasteiger partial charge in [0.15, 0.2) is 0 Å². The lowest BCUT2D eigenvalue weighted by atomic mass is 10.2. The first-order valence-corrected chi connectivity index (χ1v) is 7.44. The van der Waals surface area contributed by atoms with Crippen molar-refractivity contribution in [2.45, 2.75) is 13.5 Å². The summed E-state index contributed by atoms with van der Waals surface area (Å²) in [5.74, 6) is 0. The molecule has 0 saturated heterocycles. The fraction of sp³-hybridized carbons (Fsp3) is 0.125. The average molecular weight is 294 g/mol. The molecular formula is C16H14N4S. The van der Waals surface area contributed by atoms with E-state index in [1.54, 1.807) is 23.9 Å². The summed E-state index contributed by atoms with van der Waals surface area (Å²) in [4.78, 5) is 5.40. The van der Waals surface area contributed by atoms with Gasteiger partial charge in [-0.1, -0.05) is 0 Å². The van der Waals surface area contributed by atoms with Crippen molar-refractivity contribution in [2.75, 3.05) is 5.01 Å². The van der Waals surface area contributed by atoms with Crippen LogP contribution in [0.4, 0.5) is 5.69 Å². The van der Waals surface area contributed by atoms with Crippen molar-refractivity contribution in [3.8, 4) is 6.07 Å². The van der Waals surface area contributed by atoms with Crippen molar-refractivity contribution in [2.24, 2.45) is 0 Å². The largest absolute Gasteiger partial charge is 0.275 e. The minimum absolute atomic E-state index is 0.663. The maximum absolute atomic E-state index is 8.91. The van der Waals surface area contributed by atoms with E-state index >= 15 is 0 Å². The number of benzene rings is 1. The summed E-state index contributed by atoms with van der Waals surface area (Å²) in [6.45, 7) is 2.87. The molecule has 5 heteroatoms. The lowest BCUT2D eigenvalue weighted by molar-refractivity contribution is 0.693. The third-order valence-corrected chi connectivity index (χ3v) is 4.19. The van der Waals surface area contributed by atoms with E-state index in [2.05, 4.69) is 34.4 Å². The Morgan fingerprint density at radius 1 is 1.33 bits per heavy atom. The van der Waals surface area contributed by atoms with Crippen LogP contribution in [0, 0.1) is 18.3 Å². The van der Waals surface area contributed by atoms with Crippen molar-refractivity contribution in [1.29, 1.82) is 5.26 Å². The smallest absolute Gasteiger partial charge is 0.114 e. The number of hydrogen-bond donors (Lipinski definition) is 0. The average Bonchev–Trinajstić information content (AvgIpc) is 3.16. The maximum atomic E-state index is 8.91. The number of aryl methyl sites for hydroxylation is 1. The highest BCUT2D eigenvalue weighted by Gasteiger charge is 2.10. The summed E-state index contributed by atoms with van der Waals surface area (Å²) in [7, 11) is 0. The number of thiophene rings is 1. The zero-order valence-electron chi connectivity index (χ0n) is 11.6. The van der Waals surface area contributed by atoms with Crippen LogP contribution in [0.5, 0.6) is 0 Å². The SMILES string of the molecule is Cc1csc(CN(c2ccc(C#N)cc2)n2ccnc2)c1. The molecule has 1 aromatic carbocycles. The molecule has 4 nitrogen and oxygen atoms in total. The first kappa shape index (κ1) is 13.4. The van der Waals surface area contributed by atoms with Crippen LogP contribution >= 0.6 is 11.3 Å². The van der Waals surface area contributed by atoms with E-state index in [0.29, 0.717) is 5.56 Å². The number of nitriles is 1. The van der Waals surface area contributed by atoms with Crippen LogP contribution in [-0.2, 0) is 6.54 Å². The first-order chi connectivity index (χ1) is 10.3. The van der Waals surface area contributed by atoms with E-state index in [9.17, 15) is 0 Å². The number of anilines is 1. The second-order valence-electron chi connectivity index (χ2n) is 4.75. The molecule has 0 saturated carbocycles. The predicted octanol–water partition coefficient (Wildman–Crippen LogP) is 3.59. The number of hydrogen-bond acceptors (Lipinski definition) is 4. The highest BCUT2D eigenvalue weighted by molar-refractivity contribution is 7.10. The van der Waals surface area contributed by atoms with Crippen LogP contribution in [0.1, 0.15) is 16.0 Å². The molecule has 0 aliphatic heterocycles. The van der Waals surface area contributed by atoms with Gasteiger partial charge in [-0.05, 0) is 48.2 Å². The molecule has 0 bridgehead atoms. The molecule has 0 spiro atoms. The number of imidazole rings is 1. The van der Waals surface area contributed by atoms with Crippen molar-refractivity contribution in [3.05, 3.63) is 70.4 Å². The van der Waals surface area contributed by atoms with Crippen LogP contribution < -0.4 is 5.01 Å². The molecule has 3 aromatic rings. The molecule has 2 aromatic heterocycles. The summed E-state index contributed by atoms with van der Waals surface area (Å²) >= 11 is 1.75. The van der Waals surface area contributed by atoms with Crippen molar-refractivity contribution >= 4 is 17.0 Å². The van der Waals surface area contributed by atoms with E-state index in [4.69, 9.17) is 5.26 Å². The van der Waals surface area contributed by atoms with Gasteiger partial charge in [0, 0.05) is 17.3 Å². The Hall–Kier alpha value is -2.58. The Kier molecular flexibility index (Phi) is 3.71. The van der Waals surface area contributed by atoms with E-state index in [0.717, 1.165) is 12.2 Å². The van der Waals surface area contributed by atoms with E-state index in [1.807, 2.05) is 35.1 Å². The Morgan fingerprint density at radius 2 is 2.14 bits per heavy atom. The highest BCUT2D eigenvalue weighted by atomic mass is 32.1. The van der Waals surface area contributed by atoms with Crippen LogP contribution in [0.15, 0.2) is 54.4 Å². The normalized spacial score (nSPS) is 10.3. The van der Waals surface area contributed by atoms with Crippen molar-refractivity contribution in [1.82, 2.24) is 9.66 Å².